The molecule has 8 heteroatoms. The summed E-state index contributed by atoms with van der Waals surface area (Å²) in [5, 5.41) is 0. The molecule has 7 nitrogen and oxygen atoms in total. The van der Waals surface area contributed by atoms with E-state index in [1.54, 1.807) is 40.5 Å². The maximum absolute atomic E-state index is 13.2. The molecule has 154 valence electrons. The van der Waals surface area contributed by atoms with Crippen molar-refractivity contribution in [3.8, 4) is 0 Å². The van der Waals surface area contributed by atoms with Crippen LogP contribution in [-0.2, 0) is 27.8 Å². The number of pyridine rings is 1. The predicted octanol–water partition coefficient (Wildman–Crippen LogP) is 1.89. The van der Waals surface area contributed by atoms with E-state index in [-0.39, 0.29) is 5.91 Å². The number of piperazine rings is 1. The number of fused-ring (bicyclic) bond motifs is 1. The van der Waals surface area contributed by atoms with Gasteiger partial charge in [0.2, 0.25) is 15.9 Å². The molecule has 2 aliphatic heterocycles. The molecule has 4 rings (SSSR count). The van der Waals surface area contributed by atoms with Gasteiger partial charge < -0.3 is 4.90 Å². The Labute approximate surface area is 172 Å². The highest BCUT2D eigenvalue weighted by Crippen LogP contribution is 2.30. The van der Waals surface area contributed by atoms with Gasteiger partial charge in [0.05, 0.1) is 10.6 Å². The van der Waals surface area contributed by atoms with Crippen molar-refractivity contribution in [3.63, 3.8) is 0 Å². The Bertz CT molecular complexity index is 986. The molecule has 1 fully saturated rings. The zero-order valence-electron chi connectivity index (χ0n) is 16.6. The smallest absolute Gasteiger partial charge is 0.243 e. The maximum Gasteiger partial charge on any atom is 0.243 e. The van der Waals surface area contributed by atoms with Gasteiger partial charge in [0, 0.05) is 58.1 Å². The lowest BCUT2D eigenvalue weighted by Gasteiger charge is -2.34. The molecule has 0 unspecified atom stereocenters. The molecule has 1 aromatic heterocycles. The van der Waals surface area contributed by atoms with E-state index >= 15 is 0 Å². The summed E-state index contributed by atoms with van der Waals surface area (Å²) in [5.74, 6) is -0.00872. The predicted molar refractivity (Wildman–Crippen MR) is 111 cm³/mol. The highest BCUT2D eigenvalue weighted by molar-refractivity contribution is 7.89. The molecule has 1 aromatic carbocycles. The van der Waals surface area contributed by atoms with Crippen LogP contribution in [0.5, 0.6) is 0 Å². The van der Waals surface area contributed by atoms with Gasteiger partial charge in [0.15, 0.2) is 0 Å². The molecular formula is C21H26N4O3S. The second kappa shape index (κ2) is 8.22. The van der Waals surface area contributed by atoms with Gasteiger partial charge in [-0.25, -0.2) is 8.42 Å². The van der Waals surface area contributed by atoms with Crippen molar-refractivity contribution in [1.29, 1.82) is 0 Å². The van der Waals surface area contributed by atoms with Crippen LogP contribution in [0, 0.1) is 0 Å². The third-order valence-corrected chi connectivity index (χ3v) is 7.53. The number of hydrogen-bond donors (Lipinski definition) is 0. The van der Waals surface area contributed by atoms with Crippen LogP contribution in [0.3, 0.4) is 0 Å². The van der Waals surface area contributed by atoms with E-state index in [2.05, 4.69) is 9.88 Å². The summed E-state index contributed by atoms with van der Waals surface area (Å²) in [6, 6.07) is 11.0. The molecule has 0 spiro atoms. The number of benzene rings is 1. The Balaban J connectivity index is 1.46. The maximum atomic E-state index is 13.2. The van der Waals surface area contributed by atoms with E-state index in [0.717, 1.165) is 36.3 Å². The van der Waals surface area contributed by atoms with Gasteiger partial charge >= 0.3 is 0 Å². The molecular weight excluding hydrogens is 388 g/mol. The Kier molecular flexibility index (Phi) is 5.67. The van der Waals surface area contributed by atoms with Crippen molar-refractivity contribution < 1.29 is 13.2 Å². The molecule has 1 saturated heterocycles. The summed E-state index contributed by atoms with van der Waals surface area (Å²) in [6.45, 7) is 5.25. The minimum absolute atomic E-state index is 0.00872. The first-order valence-electron chi connectivity index (χ1n) is 9.98. The second-order valence-corrected chi connectivity index (χ2v) is 9.50. The number of nitrogens with zero attached hydrogens (tertiary/aromatic N) is 4. The molecule has 1 amide bonds. The highest BCUT2D eigenvalue weighted by Gasteiger charge is 2.30. The van der Waals surface area contributed by atoms with Gasteiger partial charge in [-0.05, 0) is 48.7 Å². The lowest BCUT2D eigenvalue weighted by Crippen LogP contribution is -2.48. The molecule has 0 atom stereocenters. The second-order valence-electron chi connectivity index (χ2n) is 7.57. The van der Waals surface area contributed by atoms with Gasteiger partial charge in [-0.3, -0.25) is 14.7 Å². The SMILES string of the molecule is CC(=O)N1CCCc2cc(S(=O)(=O)N3CCN(Cc4ccccn4)CC3)ccc21. The van der Waals surface area contributed by atoms with Crippen LogP contribution in [0.4, 0.5) is 5.69 Å². The third kappa shape index (κ3) is 4.19. The molecule has 0 N–H and O–H groups in total. The van der Waals surface area contributed by atoms with Crippen LogP contribution in [0.25, 0.3) is 0 Å². The highest BCUT2D eigenvalue weighted by atomic mass is 32.2. The van der Waals surface area contributed by atoms with E-state index < -0.39 is 10.0 Å². The summed E-state index contributed by atoms with van der Waals surface area (Å²) in [5.41, 5.74) is 2.76. The lowest BCUT2D eigenvalue weighted by molar-refractivity contribution is -0.116. The van der Waals surface area contributed by atoms with Gasteiger partial charge in [-0.2, -0.15) is 4.31 Å². The summed E-state index contributed by atoms with van der Waals surface area (Å²) in [6.07, 6.45) is 3.42. The Morgan fingerprint density at radius 2 is 1.86 bits per heavy atom. The Morgan fingerprint density at radius 3 is 2.55 bits per heavy atom. The topological polar surface area (TPSA) is 73.8 Å². The standard InChI is InChI=1S/C21H26N4O3S/c1-17(26)25-10-4-5-18-15-20(7-8-21(18)25)29(27,28)24-13-11-23(12-14-24)16-19-6-2-3-9-22-19/h2-3,6-9,15H,4-5,10-14,16H2,1H3. The first-order valence-corrected chi connectivity index (χ1v) is 11.4. The van der Waals surface area contributed by atoms with Crippen molar-refractivity contribution in [3.05, 3.63) is 53.9 Å². The molecule has 0 aliphatic carbocycles. The van der Waals surface area contributed by atoms with Crippen molar-refractivity contribution in [2.24, 2.45) is 0 Å². The zero-order chi connectivity index (χ0) is 20.4. The molecule has 2 aliphatic rings. The molecule has 0 radical (unpaired) electrons. The fraction of sp³-hybridized carbons (Fsp3) is 0.429. The monoisotopic (exact) mass is 414 g/mol. The molecule has 0 bridgehead atoms. The van der Waals surface area contributed by atoms with Crippen molar-refractivity contribution in [2.45, 2.75) is 31.2 Å². The summed E-state index contributed by atoms with van der Waals surface area (Å²) in [7, 11) is -3.54. The van der Waals surface area contributed by atoms with Crippen LogP contribution < -0.4 is 4.90 Å². The zero-order valence-corrected chi connectivity index (χ0v) is 17.4. The quantitative estimate of drug-likeness (QED) is 0.764. The minimum Gasteiger partial charge on any atom is -0.312 e. The normalized spacial score (nSPS) is 18.4. The number of carbonyl (C=O) groups is 1. The van der Waals surface area contributed by atoms with Gasteiger partial charge in [0.25, 0.3) is 0 Å². The van der Waals surface area contributed by atoms with Crippen LogP contribution in [-0.4, -0.2) is 61.2 Å². The molecule has 2 aromatic rings. The van der Waals surface area contributed by atoms with Crippen molar-refractivity contribution >= 4 is 21.6 Å². The number of anilines is 1. The first kappa shape index (κ1) is 20.0. The Hall–Kier alpha value is -2.29. The van der Waals surface area contributed by atoms with Crippen LogP contribution in [0.2, 0.25) is 0 Å². The number of amides is 1. The van der Waals surface area contributed by atoms with Crippen LogP contribution in [0.15, 0.2) is 47.5 Å². The Morgan fingerprint density at radius 1 is 1.07 bits per heavy atom. The molecule has 0 saturated carbocycles. The first-order chi connectivity index (χ1) is 13.9. The number of carbonyl (C=O) groups excluding carboxylic acids is 1. The summed E-state index contributed by atoms with van der Waals surface area (Å²) in [4.78, 5) is 20.5. The number of sulfonamides is 1. The van der Waals surface area contributed by atoms with Gasteiger partial charge in [0.1, 0.15) is 0 Å². The average Bonchev–Trinajstić information content (AvgIpc) is 2.74. The largest absolute Gasteiger partial charge is 0.312 e. The fourth-order valence-electron chi connectivity index (χ4n) is 4.06. The third-order valence-electron chi connectivity index (χ3n) is 5.63. The number of hydrogen-bond acceptors (Lipinski definition) is 5. The van der Waals surface area contributed by atoms with E-state index in [4.69, 9.17) is 0 Å². The van der Waals surface area contributed by atoms with Crippen molar-refractivity contribution in [2.75, 3.05) is 37.6 Å². The van der Waals surface area contributed by atoms with Crippen LogP contribution >= 0.6 is 0 Å². The molecule has 29 heavy (non-hydrogen) atoms. The fourth-order valence-corrected chi connectivity index (χ4v) is 5.53. The lowest BCUT2D eigenvalue weighted by atomic mass is 10.0. The van der Waals surface area contributed by atoms with E-state index in [9.17, 15) is 13.2 Å². The minimum atomic E-state index is -3.54. The number of aryl methyl sites for hydroxylation is 1. The summed E-state index contributed by atoms with van der Waals surface area (Å²) < 4.78 is 27.9. The van der Waals surface area contributed by atoms with E-state index in [0.29, 0.717) is 37.6 Å². The van der Waals surface area contributed by atoms with Crippen LogP contribution in [0.1, 0.15) is 24.6 Å². The van der Waals surface area contributed by atoms with Gasteiger partial charge in [-0.15, -0.1) is 0 Å². The summed E-state index contributed by atoms with van der Waals surface area (Å²) >= 11 is 0. The van der Waals surface area contributed by atoms with E-state index in [1.165, 1.54) is 0 Å². The number of aromatic nitrogens is 1. The molecule has 3 heterocycles. The number of rotatable bonds is 4. The van der Waals surface area contributed by atoms with Crippen molar-refractivity contribution in [1.82, 2.24) is 14.2 Å². The van der Waals surface area contributed by atoms with Gasteiger partial charge in [-0.1, -0.05) is 6.07 Å². The van der Waals surface area contributed by atoms with E-state index in [1.807, 2.05) is 18.2 Å². The average molecular weight is 415 g/mol.